The normalized spacial score (nSPS) is 14.5. The van der Waals surface area contributed by atoms with Gasteiger partial charge in [-0.05, 0) is 56.4 Å². The van der Waals surface area contributed by atoms with Crippen LogP contribution in [0.4, 0.5) is 0 Å². The lowest BCUT2D eigenvalue weighted by atomic mass is 9.97. The maximum atomic E-state index is 12.8. The highest BCUT2D eigenvalue weighted by Gasteiger charge is 2.13. The first-order valence-electron chi connectivity index (χ1n) is 9.27. The summed E-state index contributed by atoms with van der Waals surface area (Å²) < 4.78 is 3.45. The van der Waals surface area contributed by atoms with Crippen molar-refractivity contribution in [1.29, 1.82) is 0 Å². The van der Waals surface area contributed by atoms with E-state index in [0.717, 1.165) is 30.3 Å². The second-order valence-corrected chi connectivity index (χ2v) is 6.85. The fraction of sp³-hybridized carbons (Fsp3) is 0.333. The lowest BCUT2D eigenvalue weighted by Crippen LogP contribution is -2.33. The molecule has 134 valence electrons. The number of allylic oxidation sites excluding steroid dienone is 1. The summed E-state index contributed by atoms with van der Waals surface area (Å²) in [7, 11) is 0. The largest absolute Gasteiger partial charge is 0.354 e. The summed E-state index contributed by atoms with van der Waals surface area (Å²) in [6, 6.07) is 11.3. The van der Waals surface area contributed by atoms with E-state index in [-0.39, 0.29) is 18.0 Å². The molecule has 1 N–H and O–H groups in total. The van der Waals surface area contributed by atoms with E-state index in [1.807, 2.05) is 40.9 Å². The summed E-state index contributed by atoms with van der Waals surface area (Å²) in [4.78, 5) is 25.2. The highest BCUT2D eigenvalue weighted by molar-refractivity contribution is 5.82. The average Bonchev–Trinajstić information content (AvgIpc) is 3.16. The molecule has 1 amide bonds. The van der Waals surface area contributed by atoms with E-state index < -0.39 is 0 Å². The zero-order chi connectivity index (χ0) is 17.9. The van der Waals surface area contributed by atoms with Crippen LogP contribution in [0.15, 0.2) is 59.0 Å². The molecule has 1 aliphatic carbocycles. The molecule has 5 nitrogen and oxygen atoms in total. The van der Waals surface area contributed by atoms with Crippen molar-refractivity contribution in [3.05, 3.63) is 64.6 Å². The predicted molar refractivity (Wildman–Crippen MR) is 103 cm³/mol. The van der Waals surface area contributed by atoms with E-state index in [2.05, 4.69) is 11.4 Å². The molecule has 1 aromatic carbocycles. The molecule has 26 heavy (non-hydrogen) atoms. The monoisotopic (exact) mass is 349 g/mol. The maximum Gasteiger partial charge on any atom is 0.275 e. The Kier molecular flexibility index (Phi) is 4.61. The fourth-order valence-electron chi connectivity index (χ4n) is 3.76. The summed E-state index contributed by atoms with van der Waals surface area (Å²) in [5, 5.41) is 2.97. The van der Waals surface area contributed by atoms with Gasteiger partial charge in [0.1, 0.15) is 12.1 Å². The number of carbonyl (C=O) groups excluding carboxylic acids is 1. The van der Waals surface area contributed by atoms with Gasteiger partial charge in [0.25, 0.3) is 5.56 Å². The molecule has 0 bridgehead atoms. The molecule has 1 aliphatic rings. The van der Waals surface area contributed by atoms with Gasteiger partial charge >= 0.3 is 0 Å². The number of nitrogens with zero attached hydrogens (tertiary/aromatic N) is 2. The van der Waals surface area contributed by atoms with Gasteiger partial charge in [0.05, 0.1) is 11.0 Å². The number of hydrogen-bond donors (Lipinski definition) is 1. The Morgan fingerprint density at radius 3 is 2.65 bits per heavy atom. The first-order valence-corrected chi connectivity index (χ1v) is 9.27. The Hall–Kier alpha value is -2.82. The minimum absolute atomic E-state index is 0.0417. The van der Waals surface area contributed by atoms with Crippen molar-refractivity contribution < 1.29 is 4.79 Å². The molecule has 0 radical (unpaired) electrons. The minimum Gasteiger partial charge on any atom is -0.354 e. The van der Waals surface area contributed by atoms with Gasteiger partial charge in [0.15, 0.2) is 0 Å². The number of aromatic nitrogens is 2. The number of fused-ring (bicyclic) bond motifs is 3. The standard InChI is InChI=1S/C21H23N3O2/c25-20(22-13-12-16-7-2-1-3-8-16)15-24-18-10-5-4-9-17(18)23-14-6-11-19(23)21(24)26/h4-7,9-11,14H,1-3,8,12-13,15H2,(H,22,25). The lowest BCUT2D eigenvalue weighted by molar-refractivity contribution is -0.121. The Labute approximate surface area is 151 Å². The Balaban J connectivity index is 1.54. The molecule has 2 heterocycles. The molecule has 4 rings (SSSR count). The fourth-order valence-corrected chi connectivity index (χ4v) is 3.76. The van der Waals surface area contributed by atoms with Gasteiger partial charge in [-0.2, -0.15) is 0 Å². The molecular weight excluding hydrogens is 326 g/mol. The molecule has 0 fully saturated rings. The lowest BCUT2D eigenvalue weighted by Gasteiger charge is -2.14. The summed E-state index contributed by atoms with van der Waals surface area (Å²) in [6.07, 6.45) is 9.90. The highest BCUT2D eigenvalue weighted by Crippen LogP contribution is 2.19. The minimum atomic E-state index is -0.140. The number of rotatable bonds is 5. The van der Waals surface area contributed by atoms with Crippen LogP contribution in [0, 0.1) is 0 Å². The molecule has 0 spiro atoms. The number of carbonyl (C=O) groups is 1. The van der Waals surface area contributed by atoms with Gasteiger partial charge < -0.3 is 9.72 Å². The van der Waals surface area contributed by atoms with Gasteiger partial charge in [-0.1, -0.05) is 23.8 Å². The molecular formula is C21H23N3O2. The highest BCUT2D eigenvalue weighted by atomic mass is 16.2. The first-order chi connectivity index (χ1) is 12.7. The first kappa shape index (κ1) is 16.6. The van der Waals surface area contributed by atoms with Crippen molar-refractivity contribution in [2.24, 2.45) is 0 Å². The second kappa shape index (κ2) is 7.20. The average molecular weight is 349 g/mol. The van der Waals surface area contributed by atoms with Crippen LogP contribution >= 0.6 is 0 Å². The number of amides is 1. The third-order valence-corrected chi connectivity index (χ3v) is 5.10. The second-order valence-electron chi connectivity index (χ2n) is 6.85. The van der Waals surface area contributed by atoms with Crippen LogP contribution in [0.25, 0.3) is 16.6 Å². The summed E-state index contributed by atoms with van der Waals surface area (Å²) in [6.45, 7) is 0.671. The van der Waals surface area contributed by atoms with Gasteiger partial charge in [-0.15, -0.1) is 0 Å². The van der Waals surface area contributed by atoms with Crippen molar-refractivity contribution in [2.75, 3.05) is 6.54 Å². The van der Waals surface area contributed by atoms with Crippen LogP contribution < -0.4 is 10.9 Å². The van der Waals surface area contributed by atoms with Gasteiger partial charge in [-0.25, -0.2) is 0 Å². The Morgan fingerprint density at radius 2 is 1.85 bits per heavy atom. The summed E-state index contributed by atoms with van der Waals surface area (Å²) >= 11 is 0. The maximum absolute atomic E-state index is 12.8. The van der Waals surface area contributed by atoms with E-state index in [1.54, 1.807) is 10.6 Å². The van der Waals surface area contributed by atoms with Gasteiger partial charge in [0, 0.05) is 12.7 Å². The number of nitrogens with one attached hydrogen (secondary N) is 1. The van der Waals surface area contributed by atoms with Crippen molar-refractivity contribution in [3.63, 3.8) is 0 Å². The topological polar surface area (TPSA) is 55.5 Å². The zero-order valence-electron chi connectivity index (χ0n) is 14.8. The summed E-state index contributed by atoms with van der Waals surface area (Å²) in [5.74, 6) is -0.121. The molecule has 5 heteroatoms. The van der Waals surface area contributed by atoms with Crippen molar-refractivity contribution >= 4 is 22.5 Å². The van der Waals surface area contributed by atoms with Crippen molar-refractivity contribution in [1.82, 2.24) is 14.3 Å². The molecule has 3 aromatic rings. The molecule has 2 aromatic heterocycles. The zero-order valence-corrected chi connectivity index (χ0v) is 14.8. The van der Waals surface area contributed by atoms with E-state index >= 15 is 0 Å². The molecule has 0 saturated heterocycles. The van der Waals surface area contributed by atoms with Crippen LogP contribution in [0.3, 0.4) is 0 Å². The van der Waals surface area contributed by atoms with Crippen molar-refractivity contribution in [3.8, 4) is 0 Å². The van der Waals surface area contributed by atoms with Crippen LogP contribution in [0.5, 0.6) is 0 Å². The third kappa shape index (κ3) is 3.17. The van der Waals surface area contributed by atoms with Crippen molar-refractivity contribution in [2.45, 2.75) is 38.6 Å². The molecule has 0 saturated carbocycles. The number of para-hydroxylation sites is 2. The number of hydrogen-bond acceptors (Lipinski definition) is 2. The molecule has 0 aliphatic heterocycles. The predicted octanol–water partition coefficient (Wildman–Crippen LogP) is 3.26. The SMILES string of the molecule is O=C(Cn1c(=O)c2cccn2c2ccccc21)NCCC1=CCCCC1. The Morgan fingerprint density at radius 1 is 1.04 bits per heavy atom. The van der Waals surface area contributed by atoms with Gasteiger partial charge in [-0.3, -0.25) is 14.2 Å². The van der Waals surface area contributed by atoms with E-state index in [1.165, 1.54) is 18.4 Å². The Bertz CT molecular complexity index is 1040. The molecule has 0 atom stereocenters. The molecule has 0 unspecified atom stereocenters. The van der Waals surface area contributed by atoms with Crippen LogP contribution in [0.2, 0.25) is 0 Å². The quantitative estimate of drug-likeness (QED) is 0.719. The van der Waals surface area contributed by atoms with E-state index in [9.17, 15) is 9.59 Å². The third-order valence-electron chi connectivity index (χ3n) is 5.10. The van der Waals surface area contributed by atoms with Gasteiger partial charge in [0.2, 0.25) is 5.91 Å². The number of benzene rings is 1. The van der Waals surface area contributed by atoms with Crippen LogP contribution in [-0.4, -0.2) is 21.4 Å². The smallest absolute Gasteiger partial charge is 0.275 e. The van der Waals surface area contributed by atoms with E-state index in [0.29, 0.717) is 12.1 Å². The summed E-state index contributed by atoms with van der Waals surface area (Å²) in [5.41, 5.74) is 3.58. The van der Waals surface area contributed by atoms with Crippen LogP contribution in [-0.2, 0) is 11.3 Å². The van der Waals surface area contributed by atoms with E-state index in [4.69, 9.17) is 0 Å². The van der Waals surface area contributed by atoms with Crippen LogP contribution in [0.1, 0.15) is 32.1 Å².